The van der Waals surface area contributed by atoms with Crippen LogP contribution in [0.3, 0.4) is 0 Å². The number of nitrogens with one attached hydrogen (secondary N) is 1. The summed E-state index contributed by atoms with van der Waals surface area (Å²) in [4.78, 5) is 12.9. The summed E-state index contributed by atoms with van der Waals surface area (Å²) in [5.74, 6) is 0.00474. The molecule has 94 valence electrons. The van der Waals surface area contributed by atoms with Crippen LogP contribution in [0.25, 0.3) is 0 Å². The molecule has 0 unspecified atom stereocenters. The quantitative estimate of drug-likeness (QED) is 0.849. The number of nitrogens with two attached hydrogens (primary N) is 1. The number of thiophene rings is 1. The van der Waals surface area contributed by atoms with Crippen LogP contribution in [-0.4, -0.2) is 5.91 Å². The van der Waals surface area contributed by atoms with Gasteiger partial charge < -0.3 is 11.1 Å². The lowest BCUT2D eigenvalue weighted by Crippen LogP contribution is -2.24. The summed E-state index contributed by atoms with van der Waals surface area (Å²) in [6.45, 7) is 0.567. The number of amides is 1. The molecular weight excluding hydrogens is 312 g/mol. The average molecular weight is 325 g/mol. The van der Waals surface area contributed by atoms with Crippen molar-refractivity contribution in [3.05, 3.63) is 50.6 Å². The van der Waals surface area contributed by atoms with Crippen LogP contribution < -0.4 is 11.1 Å². The Kier molecular flexibility index (Phi) is 4.38. The van der Waals surface area contributed by atoms with Gasteiger partial charge in [0.2, 0.25) is 5.91 Å². The molecule has 0 radical (unpaired) electrons. The molecular formula is C13H13BrN2OS. The van der Waals surface area contributed by atoms with Gasteiger partial charge in [-0.3, -0.25) is 4.79 Å². The number of carbonyl (C=O) groups is 1. The number of anilines is 1. The van der Waals surface area contributed by atoms with Crippen molar-refractivity contribution in [3.8, 4) is 0 Å². The highest BCUT2D eigenvalue weighted by atomic mass is 79.9. The van der Waals surface area contributed by atoms with E-state index in [2.05, 4.69) is 21.2 Å². The number of rotatable bonds is 4. The van der Waals surface area contributed by atoms with Crippen molar-refractivity contribution in [2.24, 2.45) is 0 Å². The predicted octanol–water partition coefficient (Wildman–Crippen LogP) is 2.95. The van der Waals surface area contributed by atoms with Crippen LogP contribution in [0.2, 0.25) is 0 Å². The second kappa shape index (κ2) is 6.02. The fourth-order valence-corrected chi connectivity index (χ4v) is 2.97. The highest BCUT2D eigenvalue weighted by Gasteiger charge is 2.04. The van der Waals surface area contributed by atoms with Crippen LogP contribution in [0.5, 0.6) is 0 Å². The smallest absolute Gasteiger partial charge is 0.224 e. The third-order valence-corrected chi connectivity index (χ3v) is 4.09. The zero-order chi connectivity index (χ0) is 13.0. The van der Waals surface area contributed by atoms with Gasteiger partial charge in [-0.05, 0) is 39.7 Å². The summed E-state index contributed by atoms with van der Waals surface area (Å²) in [5, 5.41) is 4.89. The third-order valence-electron chi connectivity index (χ3n) is 2.40. The molecule has 0 aliphatic carbocycles. The van der Waals surface area contributed by atoms with Crippen molar-refractivity contribution in [3.63, 3.8) is 0 Å². The third kappa shape index (κ3) is 3.85. The van der Waals surface area contributed by atoms with Crippen molar-refractivity contribution in [2.75, 3.05) is 5.73 Å². The zero-order valence-electron chi connectivity index (χ0n) is 9.65. The van der Waals surface area contributed by atoms with Gasteiger partial charge in [0.05, 0.1) is 13.0 Å². The van der Waals surface area contributed by atoms with Crippen LogP contribution in [0, 0.1) is 0 Å². The van der Waals surface area contributed by atoms with Gasteiger partial charge in [-0.25, -0.2) is 0 Å². The molecule has 1 aromatic heterocycles. The van der Waals surface area contributed by atoms with Gasteiger partial charge in [-0.2, -0.15) is 0 Å². The first kappa shape index (κ1) is 13.1. The molecule has 0 spiro atoms. The van der Waals surface area contributed by atoms with Crippen LogP contribution >= 0.6 is 27.3 Å². The van der Waals surface area contributed by atoms with Gasteiger partial charge in [0.1, 0.15) is 0 Å². The lowest BCUT2D eigenvalue weighted by molar-refractivity contribution is -0.120. The molecule has 1 amide bonds. The van der Waals surface area contributed by atoms with E-state index in [4.69, 9.17) is 5.73 Å². The van der Waals surface area contributed by atoms with E-state index in [0.29, 0.717) is 18.7 Å². The Hall–Kier alpha value is -1.33. The van der Waals surface area contributed by atoms with E-state index in [0.717, 1.165) is 14.9 Å². The molecule has 3 nitrogen and oxygen atoms in total. The maximum atomic E-state index is 11.7. The number of benzene rings is 1. The number of halogens is 1. The topological polar surface area (TPSA) is 55.1 Å². The van der Waals surface area contributed by atoms with E-state index in [1.807, 2.05) is 35.7 Å². The minimum Gasteiger partial charge on any atom is -0.399 e. The van der Waals surface area contributed by atoms with Crippen molar-refractivity contribution in [2.45, 2.75) is 13.0 Å². The summed E-state index contributed by atoms with van der Waals surface area (Å²) in [6, 6.07) is 9.39. The van der Waals surface area contributed by atoms with Crippen LogP contribution in [0.15, 0.2) is 40.2 Å². The van der Waals surface area contributed by atoms with Gasteiger partial charge in [0.15, 0.2) is 0 Å². The number of nitrogen functional groups attached to an aromatic ring is 1. The molecule has 5 heteroatoms. The summed E-state index contributed by atoms with van der Waals surface area (Å²) in [6.07, 6.45) is 0.359. The molecule has 0 bridgehead atoms. The molecule has 2 aromatic rings. The minimum absolute atomic E-state index is 0.00474. The Labute approximate surface area is 118 Å². The Morgan fingerprint density at radius 1 is 1.39 bits per heavy atom. The second-order valence-corrected chi connectivity index (χ2v) is 5.84. The first-order chi connectivity index (χ1) is 8.63. The predicted molar refractivity (Wildman–Crippen MR) is 78.4 cm³/mol. The van der Waals surface area contributed by atoms with Crippen LogP contribution in [-0.2, 0) is 17.8 Å². The van der Waals surface area contributed by atoms with Crippen molar-refractivity contribution in [1.29, 1.82) is 0 Å². The van der Waals surface area contributed by atoms with E-state index in [-0.39, 0.29) is 5.91 Å². The normalized spacial score (nSPS) is 10.3. The van der Waals surface area contributed by atoms with Gasteiger partial charge in [0, 0.05) is 20.4 Å². The first-order valence-corrected chi connectivity index (χ1v) is 7.15. The zero-order valence-corrected chi connectivity index (χ0v) is 12.1. The lowest BCUT2D eigenvalue weighted by atomic mass is 10.1. The molecule has 1 aromatic carbocycles. The van der Waals surface area contributed by atoms with Gasteiger partial charge in [-0.15, -0.1) is 11.3 Å². The highest BCUT2D eigenvalue weighted by molar-refractivity contribution is 9.10. The fourth-order valence-electron chi connectivity index (χ4n) is 1.58. The summed E-state index contributed by atoms with van der Waals surface area (Å²) < 4.78 is 1.05. The van der Waals surface area contributed by atoms with Gasteiger partial charge >= 0.3 is 0 Å². The molecule has 2 rings (SSSR count). The Morgan fingerprint density at radius 2 is 2.22 bits per heavy atom. The number of hydrogen-bond donors (Lipinski definition) is 2. The van der Waals surface area contributed by atoms with Crippen molar-refractivity contribution < 1.29 is 4.79 Å². The lowest BCUT2D eigenvalue weighted by Gasteiger charge is -2.04. The molecule has 18 heavy (non-hydrogen) atoms. The minimum atomic E-state index is 0.00474. The number of carbonyl (C=O) groups excluding carboxylic acids is 1. The summed E-state index contributed by atoms with van der Waals surface area (Å²) in [5.41, 5.74) is 7.28. The standard InChI is InChI=1S/C13H13BrN2OS/c14-10-6-12(18-8-10)7-16-13(17)5-9-2-1-3-11(15)4-9/h1-4,6,8H,5,7,15H2,(H,16,17). The monoisotopic (exact) mass is 324 g/mol. The van der Waals surface area contributed by atoms with Crippen molar-refractivity contribution >= 4 is 38.9 Å². The highest BCUT2D eigenvalue weighted by Crippen LogP contribution is 2.19. The largest absolute Gasteiger partial charge is 0.399 e. The van der Waals surface area contributed by atoms with Crippen LogP contribution in [0.4, 0.5) is 5.69 Å². The van der Waals surface area contributed by atoms with E-state index < -0.39 is 0 Å². The molecule has 3 N–H and O–H groups in total. The molecule has 0 aliphatic rings. The average Bonchev–Trinajstić information content (AvgIpc) is 2.73. The summed E-state index contributed by atoms with van der Waals surface area (Å²) >= 11 is 5.00. The second-order valence-electron chi connectivity index (χ2n) is 3.93. The van der Waals surface area contributed by atoms with E-state index in [9.17, 15) is 4.79 Å². The number of hydrogen-bond acceptors (Lipinski definition) is 3. The molecule has 0 aliphatic heterocycles. The molecule has 0 saturated heterocycles. The fraction of sp³-hybridized carbons (Fsp3) is 0.154. The maximum absolute atomic E-state index is 11.7. The van der Waals surface area contributed by atoms with E-state index in [1.54, 1.807) is 11.3 Å². The molecule has 0 saturated carbocycles. The molecule has 0 atom stereocenters. The molecule has 0 fully saturated rings. The Morgan fingerprint density at radius 3 is 2.89 bits per heavy atom. The van der Waals surface area contributed by atoms with Crippen LogP contribution in [0.1, 0.15) is 10.4 Å². The van der Waals surface area contributed by atoms with E-state index >= 15 is 0 Å². The SMILES string of the molecule is Nc1cccc(CC(=O)NCc2cc(Br)cs2)c1. The first-order valence-electron chi connectivity index (χ1n) is 5.47. The van der Waals surface area contributed by atoms with E-state index in [1.165, 1.54) is 0 Å². The summed E-state index contributed by atoms with van der Waals surface area (Å²) in [7, 11) is 0. The van der Waals surface area contributed by atoms with Crippen molar-refractivity contribution in [1.82, 2.24) is 5.32 Å². The Balaban J connectivity index is 1.85. The van der Waals surface area contributed by atoms with Gasteiger partial charge in [0.25, 0.3) is 0 Å². The van der Waals surface area contributed by atoms with Gasteiger partial charge in [-0.1, -0.05) is 12.1 Å². The maximum Gasteiger partial charge on any atom is 0.224 e. The molecule has 1 heterocycles. The Bertz CT molecular complexity index is 553.